The van der Waals surface area contributed by atoms with Crippen molar-refractivity contribution in [2.75, 3.05) is 13.1 Å². The molecule has 1 heterocycles. The van der Waals surface area contributed by atoms with Gasteiger partial charge in [0.1, 0.15) is 0 Å². The van der Waals surface area contributed by atoms with Crippen LogP contribution in [0.1, 0.15) is 25.3 Å². The van der Waals surface area contributed by atoms with Gasteiger partial charge in [0.25, 0.3) is 0 Å². The molecule has 2 rings (SSSR count). The van der Waals surface area contributed by atoms with Gasteiger partial charge in [0.2, 0.25) is 5.91 Å². The lowest BCUT2D eigenvalue weighted by atomic mass is 9.94. The van der Waals surface area contributed by atoms with Gasteiger partial charge in [-0.3, -0.25) is 4.79 Å². The number of piperidine rings is 1. The zero-order valence-electron chi connectivity index (χ0n) is 11.0. The highest BCUT2D eigenvalue weighted by Crippen LogP contribution is 2.21. The minimum Gasteiger partial charge on any atom is -0.390 e. The van der Waals surface area contributed by atoms with Crippen LogP contribution in [-0.2, 0) is 4.79 Å². The Morgan fingerprint density at radius 2 is 2.11 bits per heavy atom. The fourth-order valence-corrected chi connectivity index (χ4v) is 2.51. The third-order valence-corrected chi connectivity index (χ3v) is 3.91. The number of aliphatic hydroxyl groups is 1. The first-order valence-electron chi connectivity index (χ1n) is 6.41. The van der Waals surface area contributed by atoms with Crippen LogP contribution in [0.3, 0.4) is 0 Å². The summed E-state index contributed by atoms with van der Waals surface area (Å²) in [5.41, 5.74) is 0.372. The van der Waals surface area contributed by atoms with Crippen molar-refractivity contribution in [2.24, 2.45) is 0 Å². The summed E-state index contributed by atoms with van der Waals surface area (Å²) in [6, 6.07) is 7.80. The largest absolute Gasteiger partial charge is 0.390 e. The smallest absolute Gasteiger partial charge is 0.246 e. The monoisotopic (exact) mass is 323 g/mol. The summed E-state index contributed by atoms with van der Waals surface area (Å²) in [5.74, 6) is 0.00970. The molecule has 1 saturated heterocycles. The third-order valence-electron chi connectivity index (χ3n) is 3.42. The van der Waals surface area contributed by atoms with Crippen LogP contribution in [0.4, 0.5) is 0 Å². The van der Waals surface area contributed by atoms with Crippen LogP contribution < -0.4 is 0 Å². The number of carbonyl (C=O) groups is 1. The lowest BCUT2D eigenvalue weighted by Crippen LogP contribution is -2.44. The molecule has 0 saturated carbocycles. The number of hydrogen-bond donors (Lipinski definition) is 1. The average Bonchev–Trinajstić information content (AvgIpc) is 2.36. The van der Waals surface area contributed by atoms with Gasteiger partial charge >= 0.3 is 0 Å². The molecule has 1 amide bonds. The molecule has 102 valence electrons. The van der Waals surface area contributed by atoms with Crippen molar-refractivity contribution in [2.45, 2.75) is 25.4 Å². The van der Waals surface area contributed by atoms with Gasteiger partial charge in [0, 0.05) is 23.6 Å². The van der Waals surface area contributed by atoms with Crippen LogP contribution in [0.25, 0.3) is 6.08 Å². The predicted octanol–water partition coefficient (Wildman–Crippen LogP) is 2.84. The van der Waals surface area contributed by atoms with Gasteiger partial charge in [-0.05, 0) is 43.5 Å². The van der Waals surface area contributed by atoms with E-state index in [2.05, 4.69) is 15.9 Å². The van der Waals surface area contributed by atoms with Gasteiger partial charge in [-0.2, -0.15) is 0 Å². The molecule has 1 aromatic carbocycles. The maximum absolute atomic E-state index is 12.0. The lowest BCUT2D eigenvalue weighted by molar-refractivity contribution is -0.129. The second kappa shape index (κ2) is 5.88. The Hall–Kier alpha value is -1.13. The molecule has 1 aliphatic heterocycles. The minimum atomic E-state index is -0.620. The highest BCUT2D eigenvalue weighted by Gasteiger charge is 2.28. The van der Waals surface area contributed by atoms with Gasteiger partial charge in [-0.1, -0.05) is 28.1 Å². The van der Waals surface area contributed by atoms with E-state index in [1.54, 1.807) is 11.0 Å². The van der Waals surface area contributed by atoms with Crippen LogP contribution in [0.2, 0.25) is 0 Å². The molecule has 19 heavy (non-hydrogen) atoms. The molecule has 0 atom stereocenters. The lowest BCUT2D eigenvalue weighted by Gasteiger charge is -2.35. The van der Waals surface area contributed by atoms with Crippen molar-refractivity contribution >= 4 is 27.9 Å². The SMILES string of the molecule is CC1(O)CCN(C(=O)/C=C/c2cccc(Br)c2)CC1. The van der Waals surface area contributed by atoms with Gasteiger partial charge in [-0.15, -0.1) is 0 Å². The zero-order chi connectivity index (χ0) is 13.9. The quantitative estimate of drug-likeness (QED) is 0.850. The summed E-state index contributed by atoms with van der Waals surface area (Å²) in [4.78, 5) is 13.8. The Bertz CT molecular complexity index is 487. The second-order valence-electron chi connectivity index (χ2n) is 5.21. The number of rotatable bonds is 2. The first-order chi connectivity index (χ1) is 8.96. The Labute approximate surface area is 122 Å². The van der Waals surface area contributed by atoms with Gasteiger partial charge < -0.3 is 10.0 Å². The Balaban J connectivity index is 1.95. The van der Waals surface area contributed by atoms with E-state index in [9.17, 15) is 9.90 Å². The highest BCUT2D eigenvalue weighted by atomic mass is 79.9. The normalized spacial score (nSPS) is 18.8. The number of likely N-dealkylation sites (tertiary alicyclic amines) is 1. The summed E-state index contributed by atoms with van der Waals surface area (Å²) in [5, 5.41) is 9.85. The molecule has 0 aromatic heterocycles. The molecular formula is C15H18BrNO2. The molecule has 4 heteroatoms. The molecule has 0 spiro atoms. The topological polar surface area (TPSA) is 40.5 Å². The molecule has 0 bridgehead atoms. The van der Waals surface area contributed by atoms with Crippen molar-refractivity contribution in [3.8, 4) is 0 Å². The van der Waals surface area contributed by atoms with E-state index in [0.717, 1.165) is 10.0 Å². The van der Waals surface area contributed by atoms with E-state index in [-0.39, 0.29) is 5.91 Å². The molecule has 1 aromatic rings. The average molecular weight is 324 g/mol. The number of nitrogens with zero attached hydrogens (tertiary/aromatic N) is 1. The molecule has 1 aliphatic rings. The van der Waals surface area contributed by atoms with E-state index in [0.29, 0.717) is 25.9 Å². The van der Waals surface area contributed by atoms with Crippen LogP contribution in [0, 0.1) is 0 Å². The highest BCUT2D eigenvalue weighted by molar-refractivity contribution is 9.10. The fraction of sp³-hybridized carbons (Fsp3) is 0.400. The summed E-state index contributed by atoms with van der Waals surface area (Å²) >= 11 is 3.40. The molecule has 1 fully saturated rings. The van der Waals surface area contributed by atoms with Crippen LogP contribution in [-0.4, -0.2) is 34.6 Å². The van der Waals surface area contributed by atoms with Crippen molar-refractivity contribution in [3.63, 3.8) is 0 Å². The predicted molar refractivity (Wildman–Crippen MR) is 79.6 cm³/mol. The van der Waals surface area contributed by atoms with Gasteiger partial charge in [0.05, 0.1) is 5.60 Å². The first kappa shape index (κ1) is 14.3. The van der Waals surface area contributed by atoms with Crippen molar-refractivity contribution in [1.82, 2.24) is 4.90 Å². The molecular weight excluding hydrogens is 306 g/mol. The molecule has 0 aliphatic carbocycles. The number of halogens is 1. The number of carbonyl (C=O) groups excluding carboxylic acids is 1. The Kier molecular flexibility index (Phi) is 4.42. The minimum absolute atomic E-state index is 0.00970. The van der Waals surface area contributed by atoms with Crippen molar-refractivity contribution < 1.29 is 9.90 Å². The maximum Gasteiger partial charge on any atom is 0.246 e. The Morgan fingerprint density at radius 3 is 2.74 bits per heavy atom. The summed E-state index contributed by atoms with van der Waals surface area (Å²) < 4.78 is 0.996. The van der Waals surface area contributed by atoms with Gasteiger partial charge in [-0.25, -0.2) is 0 Å². The van der Waals surface area contributed by atoms with Crippen molar-refractivity contribution in [3.05, 3.63) is 40.4 Å². The molecule has 0 unspecified atom stereocenters. The second-order valence-corrected chi connectivity index (χ2v) is 6.13. The van der Waals surface area contributed by atoms with E-state index < -0.39 is 5.60 Å². The van der Waals surface area contributed by atoms with E-state index in [1.165, 1.54) is 0 Å². The van der Waals surface area contributed by atoms with E-state index in [1.807, 2.05) is 37.3 Å². The fourth-order valence-electron chi connectivity index (χ4n) is 2.09. The molecule has 1 N–H and O–H groups in total. The standard InChI is InChI=1S/C15H18BrNO2/c1-15(19)7-9-17(10-8-15)14(18)6-5-12-3-2-4-13(16)11-12/h2-6,11,19H,7-10H2,1H3/b6-5+. The van der Waals surface area contributed by atoms with Crippen LogP contribution >= 0.6 is 15.9 Å². The molecule has 0 radical (unpaired) electrons. The summed E-state index contributed by atoms with van der Waals surface area (Å²) in [6.07, 6.45) is 4.70. The maximum atomic E-state index is 12.0. The number of hydrogen-bond acceptors (Lipinski definition) is 2. The summed E-state index contributed by atoms with van der Waals surface area (Å²) in [7, 11) is 0. The Morgan fingerprint density at radius 1 is 1.42 bits per heavy atom. The summed E-state index contributed by atoms with van der Waals surface area (Å²) in [6.45, 7) is 3.06. The van der Waals surface area contributed by atoms with Gasteiger partial charge in [0.15, 0.2) is 0 Å². The van der Waals surface area contributed by atoms with Crippen LogP contribution in [0.5, 0.6) is 0 Å². The van der Waals surface area contributed by atoms with Crippen LogP contribution in [0.15, 0.2) is 34.8 Å². The van der Waals surface area contributed by atoms with E-state index >= 15 is 0 Å². The van der Waals surface area contributed by atoms with E-state index in [4.69, 9.17) is 0 Å². The number of amides is 1. The third kappa shape index (κ3) is 4.18. The molecule has 3 nitrogen and oxygen atoms in total. The first-order valence-corrected chi connectivity index (χ1v) is 7.20. The number of benzene rings is 1. The van der Waals surface area contributed by atoms with Crippen molar-refractivity contribution in [1.29, 1.82) is 0 Å². The zero-order valence-corrected chi connectivity index (χ0v) is 12.6.